The minimum atomic E-state index is -0.509. The number of hydrogen-bond acceptors (Lipinski definition) is 5. The van der Waals surface area contributed by atoms with E-state index in [1.807, 2.05) is 12.1 Å². The number of nitrogens with zero attached hydrogens (tertiary/aromatic N) is 1. The maximum absolute atomic E-state index is 14.5. The summed E-state index contributed by atoms with van der Waals surface area (Å²) in [5.74, 6) is -0.321. The quantitative estimate of drug-likeness (QED) is 0.157. The van der Waals surface area contributed by atoms with E-state index in [1.165, 1.54) is 30.9 Å². The maximum Gasteiger partial charge on any atom is 0.311 e. The number of halogens is 1. The summed E-state index contributed by atoms with van der Waals surface area (Å²) in [6.45, 7) is 2.20. The van der Waals surface area contributed by atoms with Crippen LogP contribution in [0.25, 0.3) is 11.1 Å². The molecule has 1 aliphatic carbocycles. The first kappa shape index (κ1) is 27.9. The fraction of sp³-hybridized carbons (Fsp3) is 0.387. The lowest BCUT2D eigenvalue weighted by Crippen LogP contribution is -2.08. The number of allylic oxidation sites excluding steroid dienone is 4. The summed E-state index contributed by atoms with van der Waals surface area (Å²) >= 11 is 0. The molecule has 0 amide bonds. The Kier molecular flexibility index (Phi) is 11.1. The number of carbonyl (C=O) groups excluding carboxylic acids is 2. The van der Waals surface area contributed by atoms with Crippen LogP contribution >= 0.6 is 0 Å². The van der Waals surface area contributed by atoms with Crippen molar-refractivity contribution in [3.8, 4) is 22.9 Å². The summed E-state index contributed by atoms with van der Waals surface area (Å²) in [6.07, 6.45) is 12.9. The molecule has 194 valence electrons. The van der Waals surface area contributed by atoms with Crippen molar-refractivity contribution in [1.29, 1.82) is 5.26 Å². The van der Waals surface area contributed by atoms with E-state index in [2.05, 4.69) is 13.0 Å². The normalized spacial score (nSPS) is 12.8. The van der Waals surface area contributed by atoms with E-state index in [0.717, 1.165) is 25.0 Å². The van der Waals surface area contributed by atoms with Gasteiger partial charge in [0.1, 0.15) is 17.3 Å². The van der Waals surface area contributed by atoms with Crippen LogP contribution in [0.2, 0.25) is 0 Å². The highest BCUT2D eigenvalue weighted by Crippen LogP contribution is 2.27. The average molecular weight is 504 g/mol. The van der Waals surface area contributed by atoms with Gasteiger partial charge in [-0.1, -0.05) is 50.0 Å². The summed E-state index contributed by atoms with van der Waals surface area (Å²) in [6, 6.07) is 12.9. The SMILES string of the molecule is CCCCCC1=CC=C(OC(=O)CCCCCC(=O)Oc2ccc(-c3ccc(C#N)cc3)c(F)c2)CC1. The molecule has 6 heteroatoms. The summed E-state index contributed by atoms with van der Waals surface area (Å²) in [4.78, 5) is 24.2. The maximum atomic E-state index is 14.5. The Labute approximate surface area is 218 Å². The molecule has 0 atom stereocenters. The Hall–Kier alpha value is -3.72. The van der Waals surface area contributed by atoms with Gasteiger partial charge >= 0.3 is 11.9 Å². The van der Waals surface area contributed by atoms with E-state index < -0.39 is 11.8 Å². The molecule has 2 aromatic rings. The van der Waals surface area contributed by atoms with Gasteiger partial charge < -0.3 is 9.47 Å². The van der Waals surface area contributed by atoms with Crippen molar-refractivity contribution < 1.29 is 23.5 Å². The molecule has 2 aromatic carbocycles. The molecule has 0 saturated carbocycles. The van der Waals surface area contributed by atoms with Crippen molar-refractivity contribution in [1.82, 2.24) is 0 Å². The van der Waals surface area contributed by atoms with Crippen LogP contribution < -0.4 is 4.74 Å². The molecule has 3 rings (SSSR count). The first-order valence-electron chi connectivity index (χ1n) is 13.1. The Morgan fingerprint density at radius 1 is 0.892 bits per heavy atom. The number of esters is 2. The largest absolute Gasteiger partial charge is 0.431 e. The zero-order chi connectivity index (χ0) is 26.5. The standard InChI is InChI=1S/C31H34FNO4/c1-2-3-5-8-23-13-17-26(18-14-23)36-30(34)9-6-4-7-10-31(35)37-27-19-20-28(29(32)21-27)25-15-11-24(22-33)12-16-25/h11-13,15-17,19-21H,2-10,14,18H2,1H3. The first-order chi connectivity index (χ1) is 18.0. The monoisotopic (exact) mass is 503 g/mol. The van der Waals surface area contributed by atoms with Crippen LogP contribution in [0.4, 0.5) is 4.39 Å². The highest BCUT2D eigenvalue weighted by Gasteiger charge is 2.13. The number of benzene rings is 2. The molecule has 37 heavy (non-hydrogen) atoms. The highest BCUT2D eigenvalue weighted by molar-refractivity contribution is 5.73. The number of ether oxygens (including phenoxy) is 2. The summed E-state index contributed by atoms with van der Waals surface area (Å²) in [5, 5.41) is 8.89. The van der Waals surface area contributed by atoms with Crippen LogP contribution in [0.3, 0.4) is 0 Å². The molecular formula is C31H34FNO4. The number of rotatable bonds is 13. The Balaban J connectivity index is 1.33. The number of unbranched alkanes of at least 4 members (excludes halogenated alkanes) is 4. The summed E-state index contributed by atoms with van der Waals surface area (Å²) < 4.78 is 25.3. The number of nitriles is 1. The average Bonchev–Trinajstić information content (AvgIpc) is 2.90. The van der Waals surface area contributed by atoms with E-state index in [9.17, 15) is 14.0 Å². The fourth-order valence-corrected chi connectivity index (χ4v) is 4.17. The van der Waals surface area contributed by atoms with E-state index in [4.69, 9.17) is 14.7 Å². The highest BCUT2D eigenvalue weighted by atomic mass is 19.1. The van der Waals surface area contributed by atoms with Crippen molar-refractivity contribution in [2.24, 2.45) is 0 Å². The van der Waals surface area contributed by atoms with E-state index in [0.29, 0.717) is 42.4 Å². The van der Waals surface area contributed by atoms with Crippen LogP contribution in [0.15, 0.2) is 65.9 Å². The molecule has 0 spiro atoms. The minimum absolute atomic E-state index is 0.145. The lowest BCUT2D eigenvalue weighted by molar-refractivity contribution is -0.139. The predicted octanol–water partition coefficient (Wildman–Crippen LogP) is 7.95. The zero-order valence-corrected chi connectivity index (χ0v) is 21.4. The second-order valence-corrected chi connectivity index (χ2v) is 9.25. The Bertz CT molecular complexity index is 1170. The zero-order valence-electron chi connectivity index (χ0n) is 21.4. The predicted molar refractivity (Wildman–Crippen MR) is 141 cm³/mol. The minimum Gasteiger partial charge on any atom is -0.431 e. The molecule has 0 unspecified atom stereocenters. The fourth-order valence-electron chi connectivity index (χ4n) is 4.17. The molecule has 0 aliphatic heterocycles. The van der Waals surface area contributed by atoms with Gasteiger partial charge in [0, 0.05) is 30.9 Å². The topological polar surface area (TPSA) is 76.4 Å². The van der Waals surface area contributed by atoms with Crippen LogP contribution in [0.1, 0.15) is 83.1 Å². The number of carbonyl (C=O) groups is 2. The molecule has 0 N–H and O–H groups in total. The van der Waals surface area contributed by atoms with Gasteiger partial charge in [-0.25, -0.2) is 4.39 Å². The molecule has 0 fully saturated rings. The van der Waals surface area contributed by atoms with Gasteiger partial charge in [-0.15, -0.1) is 0 Å². The molecule has 0 saturated heterocycles. The number of hydrogen-bond donors (Lipinski definition) is 0. The molecule has 5 nitrogen and oxygen atoms in total. The third-order valence-electron chi connectivity index (χ3n) is 6.30. The van der Waals surface area contributed by atoms with Crippen LogP contribution in [-0.4, -0.2) is 11.9 Å². The molecule has 0 radical (unpaired) electrons. The van der Waals surface area contributed by atoms with E-state index in [1.54, 1.807) is 36.4 Å². The van der Waals surface area contributed by atoms with Gasteiger partial charge in [-0.3, -0.25) is 9.59 Å². The van der Waals surface area contributed by atoms with Crippen molar-refractivity contribution >= 4 is 11.9 Å². The first-order valence-corrected chi connectivity index (χ1v) is 13.1. The van der Waals surface area contributed by atoms with E-state index >= 15 is 0 Å². The van der Waals surface area contributed by atoms with Crippen LogP contribution in [0, 0.1) is 17.1 Å². The molecule has 1 aliphatic rings. The molecule has 0 aromatic heterocycles. The van der Waals surface area contributed by atoms with E-state index in [-0.39, 0.29) is 18.1 Å². The van der Waals surface area contributed by atoms with Crippen molar-refractivity contribution in [2.75, 3.05) is 0 Å². The third kappa shape index (κ3) is 9.34. The molecule has 0 bridgehead atoms. The van der Waals surface area contributed by atoms with Gasteiger partial charge in [0.15, 0.2) is 0 Å². The van der Waals surface area contributed by atoms with Gasteiger partial charge in [0.2, 0.25) is 0 Å². The van der Waals surface area contributed by atoms with Gasteiger partial charge in [-0.2, -0.15) is 5.26 Å². The van der Waals surface area contributed by atoms with Gasteiger partial charge in [0.25, 0.3) is 0 Å². The Morgan fingerprint density at radius 3 is 2.24 bits per heavy atom. The molecular weight excluding hydrogens is 469 g/mol. The second kappa shape index (κ2) is 14.7. The lowest BCUT2D eigenvalue weighted by Gasteiger charge is -2.14. The second-order valence-electron chi connectivity index (χ2n) is 9.25. The lowest BCUT2D eigenvalue weighted by atomic mass is 9.98. The van der Waals surface area contributed by atoms with Crippen molar-refractivity contribution in [3.05, 3.63) is 77.3 Å². The summed E-state index contributed by atoms with van der Waals surface area (Å²) in [5.41, 5.74) is 2.92. The van der Waals surface area contributed by atoms with Crippen LogP contribution in [-0.2, 0) is 14.3 Å². The van der Waals surface area contributed by atoms with Gasteiger partial charge in [-0.05, 0) is 68.0 Å². The Morgan fingerprint density at radius 2 is 1.62 bits per heavy atom. The van der Waals surface area contributed by atoms with Crippen LogP contribution in [0.5, 0.6) is 5.75 Å². The van der Waals surface area contributed by atoms with Crippen molar-refractivity contribution in [3.63, 3.8) is 0 Å². The smallest absolute Gasteiger partial charge is 0.311 e. The molecule has 0 heterocycles. The van der Waals surface area contributed by atoms with Crippen molar-refractivity contribution in [2.45, 2.75) is 77.6 Å². The van der Waals surface area contributed by atoms with Gasteiger partial charge in [0.05, 0.1) is 11.6 Å². The third-order valence-corrected chi connectivity index (χ3v) is 6.30. The summed E-state index contributed by atoms with van der Waals surface area (Å²) in [7, 11) is 0.